The third-order valence-corrected chi connectivity index (χ3v) is 3.14. The van der Waals surface area contributed by atoms with Gasteiger partial charge in [0.2, 0.25) is 0 Å². The molecule has 1 aromatic rings. The Morgan fingerprint density at radius 1 is 1.40 bits per heavy atom. The van der Waals surface area contributed by atoms with Gasteiger partial charge in [-0.25, -0.2) is 8.78 Å². The van der Waals surface area contributed by atoms with E-state index in [1.54, 1.807) is 0 Å². The molecule has 0 bridgehead atoms. The van der Waals surface area contributed by atoms with Gasteiger partial charge in [-0.15, -0.1) is 0 Å². The predicted octanol–water partition coefficient (Wildman–Crippen LogP) is 2.82. The van der Waals surface area contributed by atoms with E-state index in [1.807, 2.05) is 0 Å². The van der Waals surface area contributed by atoms with Gasteiger partial charge in [0, 0.05) is 12.0 Å². The summed E-state index contributed by atoms with van der Waals surface area (Å²) in [5.74, 6) is -0.526. The molecule has 2 atom stereocenters. The van der Waals surface area contributed by atoms with Crippen molar-refractivity contribution in [1.29, 1.82) is 0 Å². The normalized spacial score (nSPS) is 25.8. The van der Waals surface area contributed by atoms with Crippen molar-refractivity contribution < 1.29 is 8.78 Å². The Morgan fingerprint density at radius 2 is 2.20 bits per heavy atom. The Balaban J connectivity index is 2.31. The minimum atomic E-state index is -0.354. The SMILES string of the molecule is CCC1NCCC1c1cc(F)ccc1F. The van der Waals surface area contributed by atoms with Gasteiger partial charge in [-0.1, -0.05) is 6.92 Å². The monoisotopic (exact) mass is 211 g/mol. The van der Waals surface area contributed by atoms with Gasteiger partial charge in [0.1, 0.15) is 11.6 Å². The summed E-state index contributed by atoms with van der Waals surface area (Å²) in [6, 6.07) is 3.99. The van der Waals surface area contributed by atoms with Crippen LogP contribution >= 0.6 is 0 Å². The lowest BCUT2D eigenvalue weighted by molar-refractivity contribution is 0.499. The van der Waals surface area contributed by atoms with Crippen LogP contribution < -0.4 is 5.32 Å². The van der Waals surface area contributed by atoms with Crippen LogP contribution in [-0.2, 0) is 0 Å². The molecule has 0 aliphatic carbocycles. The summed E-state index contributed by atoms with van der Waals surface area (Å²) in [6.45, 7) is 2.95. The van der Waals surface area contributed by atoms with Crippen LogP contribution in [0.1, 0.15) is 31.2 Å². The molecule has 1 aromatic carbocycles. The number of benzene rings is 1. The molecule has 1 heterocycles. The quantitative estimate of drug-likeness (QED) is 0.793. The molecule has 0 spiro atoms. The highest BCUT2D eigenvalue weighted by atomic mass is 19.1. The first-order valence-corrected chi connectivity index (χ1v) is 5.40. The number of rotatable bonds is 2. The number of nitrogens with one attached hydrogen (secondary N) is 1. The second-order valence-electron chi connectivity index (χ2n) is 4.03. The fourth-order valence-corrected chi connectivity index (χ4v) is 2.37. The molecule has 0 radical (unpaired) electrons. The lowest BCUT2D eigenvalue weighted by Crippen LogP contribution is -2.25. The summed E-state index contributed by atoms with van der Waals surface area (Å²) in [4.78, 5) is 0. The lowest BCUT2D eigenvalue weighted by Gasteiger charge is -2.18. The van der Waals surface area contributed by atoms with Crippen LogP contribution in [0.5, 0.6) is 0 Å². The zero-order chi connectivity index (χ0) is 10.8. The zero-order valence-corrected chi connectivity index (χ0v) is 8.76. The minimum Gasteiger partial charge on any atom is -0.313 e. The Morgan fingerprint density at radius 3 is 2.93 bits per heavy atom. The van der Waals surface area contributed by atoms with Crippen LogP contribution in [0.4, 0.5) is 8.78 Å². The molecule has 2 rings (SSSR count). The highest BCUT2D eigenvalue weighted by Crippen LogP contribution is 2.31. The molecule has 1 nitrogen and oxygen atoms in total. The molecule has 1 N–H and O–H groups in total. The van der Waals surface area contributed by atoms with Crippen LogP contribution in [0.25, 0.3) is 0 Å². The van der Waals surface area contributed by atoms with Crippen molar-refractivity contribution in [2.75, 3.05) is 6.54 Å². The van der Waals surface area contributed by atoms with Crippen molar-refractivity contribution in [2.24, 2.45) is 0 Å². The Bertz CT molecular complexity index is 351. The summed E-state index contributed by atoms with van der Waals surface area (Å²) < 4.78 is 26.6. The molecule has 82 valence electrons. The zero-order valence-electron chi connectivity index (χ0n) is 8.76. The van der Waals surface area contributed by atoms with Gasteiger partial charge in [-0.05, 0) is 43.1 Å². The second kappa shape index (κ2) is 4.27. The summed E-state index contributed by atoms with van der Waals surface area (Å²) in [6.07, 6.45) is 1.83. The van der Waals surface area contributed by atoms with E-state index in [-0.39, 0.29) is 23.6 Å². The van der Waals surface area contributed by atoms with Crippen molar-refractivity contribution in [3.05, 3.63) is 35.4 Å². The summed E-state index contributed by atoms with van der Waals surface area (Å²) >= 11 is 0. The largest absolute Gasteiger partial charge is 0.313 e. The van der Waals surface area contributed by atoms with Crippen LogP contribution in [0.3, 0.4) is 0 Å². The van der Waals surface area contributed by atoms with Crippen molar-refractivity contribution in [1.82, 2.24) is 5.32 Å². The van der Waals surface area contributed by atoms with Gasteiger partial charge >= 0.3 is 0 Å². The molecular weight excluding hydrogens is 196 g/mol. The van der Waals surface area contributed by atoms with Gasteiger partial charge in [0.05, 0.1) is 0 Å². The first-order chi connectivity index (χ1) is 7.22. The van der Waals surface area contributed by atoms with E-state index < -0.39 is 0 Å². The average molecular weight is 211 g/mol. The maximum atomic E-state index is 13.5. The Labute approximate surface area is 88.5 Å². The van der Waals surface area contributed by atoms with E-state index in [9.17, 15) is 8.78 Å². The first kappa shape index (κ1) is 10.6. The van der Waals surface area contributed by atoms with Gasteiger partial charge in [-0.2, -0.15) is 0 Å². The number of halogens is 2. The molecule has 1 saturated heterocycles. The predicted molar refractivity (Wildman–Crippen MR) is 55.8 cm³/mol. The van der Waals surface area contributed by atoms with Crippen molar-refractivity contribution in [3.8, 4) is 0 Å². The van der Waals surface area contributed by atoms with Crippen molar-refractivity contribution in [2.45, 2.75) is 31.7 Å². The average Bonchev–Trinajstić information content (AvgIpc) is 2.69. The van der Waals surface area contributed by atoms with Crippen molar-refractivity contribution in [3.63, 3.8) is 0 Å². The fraction of sp³-hybridized carbons (Fsp3) is 0.500. The van der Waals surface area contributed by atoms with Gasteiger partial charge in [-0.3, -0.25) is 0 Å². The fourth-order valence-electron chi connectivity index (χ4n) is 2.37. The van der Waals surface area contributed by atoms with Crippen LogP contribution in [0.2, 0.25) is 0 Å². The van der Waals surface area contributed by atoms with E-state index in [0.717, 1.165) is 19.4 Å². The molecule has 1 fully saturated rings. The van der Waals surface area contributed by atoms with Gasteiger partial charge < -0.3 is 5.32 Å². The molecule has 15 heavy (non-hydrogen) atoms. The van der Waals surface area contributed by atoms with E-state index in [4.69, 9.17) is 0 Å². The van der Waals surface area contributed by atoms with Crippen molar-refractivity contribution >= 4 is 0 Å². The molecule has 2 unspecified atom stereocenters. The third-order valence-electron chi connectivity index (χ3n) is 3.14. The molecule has 1 aliphatic heterocycles. The first-order valence-electron chi connectivity index (χ1n) is 5.40. The van der Waals surface area contributed by atoms with Gasteiger partial charge in [0.25, 0.3) is 0 Å². The molecule has 1 aliphatic rings. The standard InChI is InChI=1S/C12H15F2N/c1-2-12-9(5-6-15-12)10-7-8(13)3-4-11(10)14/h3-4,7,9,12,15H,2,5-6H2,1H3. The van der Waals surface area contributed by atoms with E-state index in [1.165, 1.54) is 18.2 Å². The van der Waals surface area contributed by atoms with Crippen LogP contribution in [-0.4, -0.2) is 12.6 Å². The van der Waals surface area contributed by atoms with Gasteiger partial charge in [0.15, 0.2) is 0 Å². The molecule has 0 aromatic heterocycles. The third kappa shape index (κ3) is 2.02. The highest BCUT2D eigenvalue weighted by Gasteiger charge is 2.28. The van der Waals surface area contributed by atoms with E-state index >= 15 is 0 Å². The maximum absolute atomic E-state index is 13.5. The number of hydrogen-bond donors (Lipinski definition) is 1. The van der Waals surface area contributed by atoms with Crippen LogP contribution in [0, 0.1) is 11.6 Å². The Hall–Kier alpha value is -0.960. The maximum Gasteiger partial charge on any atom is 0.126 e. The summed E-state index contributed by atoms with van der Waals surface area (Å²) in [5.41, 5.74) is 0.520. The highest BCUT2D eigenvalue weighted by molar-refractivity contribution is 5.25. The minimum absolute atomic E-state index is 0.116. The topological polar surface area (TPSA) is 12.0 Å². The Kier molecular flexibility index (Phi) is 3.00. The number of hydrogen-bond acceptors (Lipinski definition) is 1. The van der Waals surface area contributed by atoms with E-state index in [2.05, 4.69) is 12.2 Å². The summed E-state index contributed by atoms with van der Waals surface area (Å²) in [5, 5.41) is 3.31. The molecule has 0 amide bonds. The second-order valence-corrected chi connectivity index (χ2v) is 4.03. The van der Waals surface area contributed by atoms with E-state index in [0.29, 0.717) is 5.56 Å². The molecule has 0 saturated carbocycles. The molecular formula is C12H15F2N. The summed E-state index contributed by atoms with van der Waals surface area (Å²) in [7, 11) is 0. The smallest absolute Gasteiger partial charge is 0.126 e. The van der Waals surface area contributed by atoms with Crippen LogP contribution in [0.15, 0.2) is 18.2 Å². The lowest BCUT2D eigenvalue weighted by atomic mass is 9.90. The molecule has 3 heteroatoms.